The molecule has 1 fully saturated rings. The molecule has 1 aliphatic rings. The fraction of sp³-hybridized carbons (Fsp3) is 0.417. The quantitative estimate of drug-likeness (QED) is 0.781. The predicted molar refractivity (Wildman–Crippen MR) is 56.8 cm³/mol. The Morgan fingerprint density at radius 1 is 1.25 bits per heavy atom. The van der Waals surface area contributed by atoms with Gasteiger partial charge in [-0.1, -0.05) is 0 Å². The summed E-state index contributed by atoms with van der Waals surface area (Å²) in [4.78, 5) is 12.0. The number of carbonyl (C=O) groups is 1. The van der Waals surface area contributed by atoms with Crippen LogP contribution in [0.4, 0.5) is 4.39 Å². The van der Waals surface area contributed by atoms with Crippen LogP contribution in [0, 0.1) is 11.7 Å². The maximum Gasteiger partial charge on any atom is 0.166 e. The SMILES string of the molecule is O=C(c1ccc(F)cc1)C1CCN(O)CC1. The van der Waals surface area contributed by atoms with Crippen LogP contribution >= 0.6 is 0 Å². The topological polar surface area (TPSA) is 40.5 Å². The number of ketones is 1. The number of carbonyl (C=O) groups excluding carboxylic acids is 1. The van der Waals surface area contributed by atoms with Crippen molar-refractivity contribution in [1.29, 1.82) is 0 Å². The molecule has 0 amide bonds. The molecule has 4 heteroatoms. The number of rotatable bonds is 2. The van der Waals surface area contributed by atoms with Crippen LogP contribution in [0.3, 0.4) is 0 Å². The lowest BCUT2D eigenvalue weighted by Crippen LogP contribution is -2.34. The van der Waals surface area contributed by atoms with E-state index < -0.39 is 0 Å². The Morgan fingerprint density at radius 3 is 2.38 bits per heavy atom. The fourth-order valence-electron chi connectivity index (χ4n) is 1.98. The molecule has 1 N–H and O–H groups in total. The maximum atomic E-state index is 12.7. The van der Waals surface area contributed by atoms with Gasteiger partial charge in [0.1, 0.15) is 5.82 Å². The standard InChI is InChI=1S/C12H14FNO2/c13-11-3-1-9(2-4-11)12(15)10-5-7-14(16)8-6-10/h1-4,10,16H,5-8H2. The minimum absolute atomic E-state index is 0.0474. The molecule has 1 aromatic rings. The molecular weight excluding hydrogens is 209 g/mol. The molecule has 0 unspecified atom stereocenters. The highest BCUT2D eigenvalue weighted by Crippen LogP contribution is 2.20. The van der Waals surface area contributed by atoms with Crippen molar-refractivity contribution in [2.75, 3.05) is 13.1 Å². The van der Waals surface area contributed by atoms with Gasteiger partial charge in [-0.25, -0.2) is 4.39 Å². The molecule has 0 radical (unpaired) electrons. The van der Waals surface area contributed by atoms with Gasteiger partial charge in [0.05, 0.1) is 0 Å². The van der Waals surface area contributed by atoms with Crippen molar-refractivity contribution in [3.63, 3.8) is 0 Å². The minimum atomic E-state index is -0.332. The van der Waals surface area contributed by atoms with E-state index in [-0.39, 0.29) is 17.5 Å². The van der Waals surface area contributed by atoms with E-state index in [1.807, 2.05) is 0 Å². The molecule has 1 saturated heterocycles. The second-order valence-electron chi connectivity index (χ2n) is 4.10. The van der Waals surface area contributed by atoms with Crippen LogP contribution in [-0.2, 0) is 0 Å². The van der Waals surface area contributed by atoms with Crippen molar-refractivity contribution < 1.29 is 14.4 Å². The molecule has 1 aliphatic heterocycles. The number of hydrogen-bond acceptors (Lipinski definition) is 3. The van der Waals surface area contributed by atoms with Crippen LogP contribution in [0.1, 0.15) is 23.2 Å². The second kappa shape index (κ2) is 4.72. The maximum absolute atomic E-state index is 12.7. The fourth-order valence-corrected chi connectivity index (χ4v) is 1.98. The summed E-state index contributed by atoms with van der Waals surface area (Å²) in [6.45, 7) is 1.05. The summed E-state index contributed by atoms with van der Waals surface area (Å²) < 4.78 is 12.7. The molecule has 0 saturated carbocycles. The van der Waals surface area contributed by atoms with E-state index in [2.05, 4.69) is 0 Å². The smallest absolute Gasteiger partial charge is 0.166 e. The number of piperidine rings is 1. The number of hydroxylamine groups is 2. The third-order valence-corrected chi connectivity index (χ3v) is 2.97. The number of hydrogen-bond donors (Lipinski definition) is 1. The lowest BCUT2D eigenvalue weighted by Gasteiger charge is -2.26. The first-order valence-electron chi connectivity index (χ1n) is 5.40. The summed E-state index contributed by atoms with van der Waals surface area (Å²) >= 11 is 0. The lowest BCUT2D eigenvalue weighted by molar-refractivity contribution is -0.109. The Bertz CT molecular complexity index is 369. The first kappa shape index (κ1) is 11.2. The monoisotopic (exact) mass is 223 g/mol. The van der Waals surface area contributed by atoms with Gasteiger partial charge in [0.25, 0.3) is 0 Å². The molecule has 2 rings (SSSR count). The average molecular weight is 223 g/mol. The molecule has 16 heavy (non-hydrogen) atoms. The van der Waals surface area contributed by atoms with Crippen LogP contribution in [-0.4, -0.2) is 29.1 Å². The number of benzene rings is 1. The third kappa shape index (κ3) is 2.46. The summed E-state index contributed by atoms with van der Waals surface area (Å²) in [6, 6.07) is 5.63. The van der Waals surface area contributed by atoms with Crippen LogP contribution in [0.5, 0.6) is 0 Å². The highest BCUT2D eigenvalue weighted by Gasteiger charge is 2.24. The zero-order valence-corrected chi connectivity index (χ0v) is 8.90. The first-order chi connectivity index (χ1) is 7.66. The Kier molecular flexibility index (Phi) is 3.31. The van der Waals surface area contributed by atoms with Gasteiger partial charge in [-0.3, -0.25) is 4.79 Å². The van der Waals surface area contributed by atoms with Gasteiger partial charge in [0.15, 0.2) is 5.78 Å². The van der Waals surface area contributed by atoms with E-state index in [1.54, 1.807) is 0 Å². The molecule has 3 nitrogen and oxygen atoms in total. The number of halogens is 1. The zero-order chi connectivity index (χ0) is 11.5. The van der Waals surface area contributed by atoms with E-state index in [9.17, 15) is 14.4 Å². The van der Waals surface area contributed by atoms with Crippen molar-refractivity contribution in [2.45, 2.75) is 12.8 Å². The largest absolute Gasteiger partial charge is 0.314 e. The Morgan fingerprint density at radius 2 is 1.81 bits per heavy atom. The summed E-state index contributed by atoms with van der Waals surface area (Å²) in [7, 11) is 0. The molecule has 1 heterocycles. The van der Waals surface area contributed by atoms with Gasteiger partial charge in [-0.05, 0) is 37.1 Å². The van der Waals surface area contributed by atoms with Gasteiger partial charge in [-0.2, -0.15) is 5.06 Å². The molecular formula is C12H14FNO2. The molecule has 0 atom stereocenters. The van der Waals surface area contributed by atoms with Gasteiger partial charge < -0.3 is 5.21 Å². The Balaban J connectivity index is 2.05. The van der Waals surface area contributed by atoms with E-state index >= 15 is 0 Å². The van der Waals surface area contributed by atoms with E-state index in [0.29, 0.717) is 31.5 Å². The van der Waals surface area contributed by atoms with Gasteiger partial charge in [0.2, 0.25) is 0 Å². The van der Waals surface area contributed by atoms with Gasteiger partial charge >= 0.3 is 0 Å². The molecule has 1 aromatic carbocycles. The number of Topliss-reactive ketones (excluding diaryl/α,β-unsaturated/α-hetero) is 1. The summed E-state index contributed by atoms with van der Waals surface area (Å²) in [5.41, 5.74) is 0.554. The normalized spacial score (nSPS) is 18.6. The van der Waals surface area contributed by atoms with Crippen molar-refractivity contribution >= 4 is 5.78 Å². The summed E-state index contributed by atoms with van der Waals surface area (Å²) in [5.74, 6) is -0.330. The molecule has 0 aliphatic carbocycles. The van der Waals surface area contributed by atoms with Gasteiger partial charge in [-0.15, -0.1) is 0 Å². The molecule has 0 aromatic heterocycles. The highest BCUT2D eigenvalue weighted by atomic mass is 19.1. The van der Waals surface area contributed by atoms with Crippen molar-refractivity contribution in [3.8, 4) is 0 Å². The molecule has 86 valence electrons. The molecule has 0 bridgehead atoms. The van der Waals surface area contributed by atoms with E-state index in [0.717, 1.165) is 0 Å². The van der Waals surface area contributed by atoms with Crippen LogP contribution in [0.15, 0.2) is 24.3 Å². The summed E-state index contributed by atoms with van der Waals surface area (Å²) in [6.07, 6.45) is 1.32. The third-order valence-electron chi connectivity index (χ3n) is 2.97. The highest BCUT2D eigenvalue weighted by molar-refractivity contribution is 5.97. The average Bonchev–Trinajstić information content (AvgIpc) is 2.30. The van der Waals surface area contributed by atoms with Crippen molar-refractivity contribution in [1.82, 2.24) is 5.06 Å². The predicted octanol–water partition coefficient (Wildman–Crippen LogP) is 2.11. The van der Waals surface area contributed by atoms with Crippen molar-refractivity contribution in [2.24, 2.45) is 5.92 Å². The van der Waals surface area contributed by atoms with Gasteiger partial charge in [0, 0.05) is 24.6 Å². The van der Waals surface area contributed by atoms with Crippen LogP contribution in [0.2, 0.25) is 0 Å². The molecule has 0 spiro atoms. The zero-order valence-electron chi connectivity index (χ0n) is 8.90. The Labute approximate surface area is 93.5 Å². The van der Waals surface area contributed by atoms with E-state index in [4.69, 9.17) is 0 Å². The lowest BCUT2D eigenvalue weighted by atomic mass is 9.89. The van der Waals surface area contributed by atoms with Crippen LogP contribution < -0.4 is 0 Å². The summed E-state index contributed by atoms with van der Waals surface area (Å²) in [5, 5.41) is 10.4. The second-order valence-corrected chi connectivity index (χ2v) is 4.10. The van der Waals surface area contributed by atoms with Crippen molar-refractivity contribution in [3.05, 3.63) is 35.6 Å². The van der Waals surface area contributed by atoms with Crippen LogP contribution in [0.25, 0.3) is 0 Å². The number of nitrogens with zero attached hydrogens (tertiary/aromatic N) is 1. The van der Waals surface area contributed by atoms with E-state index in [1.165, 1.54) is 29.3 Å². The first-order valence-corrected chi connectivity index (χ1v) is 5.40. The Hall–Kier alpha value is -1.26. The minimum Gasteiger partial charge on any atom is -0.314 e.